The number of hydrogen-bond donors (Lipinski definition) is 2. The zero-order valence-corrected chi connectivity index (χ0v) is 16.8. The molecule has 29 heavy (non-hydrogen) atoms. The summed E-state index contributed by atoms with van der Waals surface area (Å²) in [5.74, 6) is 2.15. The molecule has 0 saturated carbocycles. The van der Waals surface area contributed by atoms with Gasteiger partial charge in [-0.05, 0) is 29.8 Å². The van der Waals surface area contributed by atoms with Gasteiger partial charge in [-0.15, -0.1) is 0 Å². The molecular weight excluding hydrogens is 384 g/mol. The van der Waals surface area contributed by atoms with Crippen LogP contribution in [0.4, 0.5) is 8.78 Å². The molecule has 2 N–H and O–H groups in total. The van der Waals surface area contributed by atoms with Crippen LogP contribution < -0.4 is 29.6 Å². The van der Waals surface area contributed by atoms with E-state index < -0.39 is 6.61 Å². The fourth-order valence-electron chi connectivity index (χ4n) is 2.60. The third-order valence-electron chi connectivity index (χ3n) is 4.07. The number of halogens is 2. The van der Waals surface area contributed by atoms with Crippen LogP contribution in [0.5, 0.6) is 23.0 Å². The topological polar surface area (TPSA) is 73.3 Å². The van der Waals surface area contributed by atoms with E-state index in [1.165, 1.54) is 13.2 Å². The monoisotopic (exact) mass is 409 g/mol. The van der Waals surface area contributed by atoms with Crippen molar-refractivity contribution >= 4 is 5.96 Å². The molecule has 0 heterocycles. The van der Waals surface area contributed by atoms with E-state index in [4.69, 9.17) is 14.2 Å². The first kappa shape index (κ1) is 22.1. The zero-order chi connectivity index (χ0) is 21.2. The van der Waals surface area contributed by atoms with Crippen molar-refractivity contribution in [3.63, 3.8) is 0 Å². The highest BCUT2D eigenvalue weighted by molar-refractivity contribution is 5.79. The molecule has 0 unspecified atom stereocenters. The molecule has 0 aliphatic rings. The van der Waals surface area contributed by atoms with Gasteiger partial charge in [0.05, 0.1) is 21.3 Å². The molecule has 9 heteroatoms. The number of hydrogen-bond acceptors (Lipinski definition) is 5. The van der Waals surface area contributed by atoms with Crippen molar-refractivity contribution in [1.82, 2.24) is 10.6 Å². The van der Waals surface area contributed by atoms with Crippen LogP contribution in [0.15, 0.2) is 41.4 Å². The van der Waals surface area contributed by atoms with E-state index in [1.54, 1.807) is 39.5 Å². The number of nitrogens with one attached hydrogen (secondary N) is 2. The van der Waals surface area contributed by atoms with E-state index in [0.717, 1.165) is 11.1 Å². The van der Waals surface area contributed by atoms with Gasteiger partial charge in [0.1, 0.15) is 11.5 Å². The second-order valence-electron chi connectivity index (χ2n) is 5.82. The lowest BCUT2D eigenvalue weighted by molar-refractivity contribution is -0.0512. The van der Waals surface area contributed by atoms with Crippen LogP contribution in [-0.4, -0.2) is 40.9 Å². The van der Waals surface area contributed by atoms with Gasteiger partial charge in [-0.2, -0.15) is 8.78 Å². The van der Waals surface area contributed by atoms with Gasteiger partial charge in [-0.25, -0.2) is 0 Å². The number of benzene rings is 2. The molecule has 0 amide bonds. The summed E-state index contributed by atoms with van der Waals surface area (Å²) in [6.45, 7) is -2.11. The van der Waals surface area contributed by atoms with Crippen LogP contribution in [0.2, 0.25) is 0 Å². The Balaban J connectivity index is 1.99. The summed E-state index contributed by atoms with van der Waals surface area (Å²) >= 11 is 0. The number of aliphatic imine (C=N–C) groups is 1. The lowest BCUT2D eigenvalue weighted by Crippen LogP contribution is -2.36. The van der Waals surface area contributed by atoms with Crippen molar-refractivity contribution in [2.45, 2.75) is 19.7 Å². The molecule has 0 bridgehead atoms. The van der Waals surface area contributed by atoms with Crippen LogP contribution in [0.25, 0.3) is 0 Å². The van der Waals surface area contributed by atoms with E-state index in [0.29, 0.717) is 30.5 Å². The molecule has 2 rings (SSSR count). The predicted molar refractivity (Wildman–Crippen MR) is 106 cm³/mol. The van der Waals surface area contributed by atoms with Crippen molar-refractivity contribution < 1.29 is 27.7 Å². The van der Waals surface area contributed by atoms with Crippen LogP contribution in [0.3, 0.4) is 0 Å². The highest BCUT2D eigenvalue weighted by Crippen LogP contribution is 2.29. The normalized spacial score (nSPS) is 11.2. The molecule has 0 spiro atoms. The molecular formula is C20H25F2N3O4. The Bertz CT molecular complexity index is 831. The van der Waals surface area contributed by atoms with E-state index in [-0.39, 0.29) is 11.5 Å². The summed E-state index contributed by atoms with van der Waals surface area (Å²) in [6, 6.07) is 10.4. The third kappa shape index (κ3) is 6.41. The molecule has 0 saturated heterocycles. The zero-order valence-electron chi connectivity index (χ0n) is 16.8. The van der Waals surface area contributed by atoms with Gasteiger partial charge in [-0.3, -0.25) is 4.99 Å². The van der Waals surface area contributed by atoms with Crippen molar-refractivity contribution in [2.75, 3.05) is 28.4 Å². The van der Waals surface area contributed by atoms with E-state index >= 15 is 0 Å². The van der Waals surface area contributed by atoms with Gasteiger partial charge in [0.2, 0.25) is 0 Å². The Morgan fingerprint density at radius 3 is 2.24 bits per heavy atom. The first-order valence-electron chi connectivity index (χ1n) is 8.77. The molecule has 2 aromatic rings. The maximum Gasteiger partial charge on any atom is 0.387 e. The summed E-state index contributed by atoms with van der Waals surface area (Å²) < 4.78 is 45.3. The largest absolute Gasteiger partial charge is 0.497 e. The molecule has 0 radical (unpaired) electrons. The van der Waals surface area contributed by atoms with Gasteiger partial charge in [-0.1, -0.05) is 6.07 Å². The molecule has 0 atom stereocenters. The molecule has 0 aromatic heterocycles. The maximum absolute atomic E-state index is 12.6. The smallest absolute Gasteiger partial charge is 0.387 e. The number of alkyl halides is 2. The van der Waals surface area contributed by atoms with Gasteiger partial charge in [0.25, 0.3) is 0 Å². The van der Waals surface area contributed by atoms with Crippen LogP contribution >= 0.6 is 0 Å². The van der Waals surface area contributed by atoms with Gasteiger partial charge < -0.3 is 29.6 Å². The quantitative estimate of drug-likeness (QED) is 0.490. The highest BCUT2D eigenvalue weighted by atomic mass is 19.3. The summed E-state index contributed by atoms with van der Waals surface area (Å²) in [5, 5.41) is 6.30. The number of guanidine groups is 1. The first-order valence-corrected chi connectivity index (χ1v) is 8.77. The van der Waals surface area contributed by atoms with Crippen molar-refractivity contribution in [2.24, 2.45) is 4.99 Å². The summed E-state index contributed by atoms with van der Waals surface area (Å²) in [6.07, 6.45) is 0. The molecule has 0 fully saturated rings. The SMILES string of the molecule is CN=C(NCc1ccc(OC)c(OC(F)F)c1)NCc1ccc(OC)cc1OC. The van der Waals surface area contributed by atoms with Crippen LogP contribution in [0.1, 0.15) is 11.1 Å². The second-order valence-corrected chi connectivity index (χ2v) is 5.82. The number of ether oxygens (including phenoxy) is 4. The Hall–Kier alpha value is -3.23. The average Bonchev–Trinajstić information content (AvgIpc) is 2.73. The number of methoxy groups -OCH3 is 3. The standard InChI is InChI=1S/C20H25F2N3O4/c1-23-20(25-12-14-6-7-15(26-2)10-17(14)28-4)24-11-13-5-8-16(27-3)18(9-13)29-19(21)22/h5-10,19H,11-12H2,1-4H3,(H2,23,24,25). The highest BCUT2D eigenvalue weighted by Gasteiger charge is 2.12. The minimum Gasteiger partial charge on any atom is -0.497 e. The van der Waals surface area contributed by atoms with E-state index in [2.05, 4.69) is 20.4 Å². The summed E-state index contributed by atoms with van der Waals surface area (Å²) in [5.41, 5.74) is 1.65. The van der Waals surface area contributed by atoms with Crippen LogP contribution in [-0.2, 0) is 13.1 Å². The third-order valence-corrected chi connectivity index (χ3v) is 4.07. The van der Waals surface area contributed by atoms with Crippen molar-refractivity contribution in [3.05, 3.63) is 47.5 Å². The maximum atomic E-state index is 12.6. The van der Waals surface area contributed by atoms with Crippen LogP contribution in [0, 0.1) is 0 Å². The average molecular weight is 409 g/mol. The van der Waals surface area contributed by atoms with E-state index in [9.17, 15) is 8.78 Å². The van der Waals surface area contributed by atoms with E-state index in [1.807, 2.05) is 12.1 Å². The number of nitrogens with zero attached hydrogens (tertiary/aromatic N) is 1. The Morgan fingerprint density at radius 1 is 0.897 bits per heavy atom. The molecule has 0 aliphatic carbocycles. The van der Waals surface area contributed by atoms with Gasteiger partial charge in [0.15, 0.2) is 17.5 Å². The lowest BCUT2D eigenvalue weighted by Gasteiger charge is -2.15. The second kappa shape index (κ2) is 10.9. The summed E-state index contributed by atoms with van der Waals surface area (Å²) in [4.78, 5) is 4.16. The lowest BCUT2D eigenvalue weighted by atomic mass is 10.2. The Labute approximate surface area is 168 Å². The first-order chi connectivity index (χ1) is 14.0. The fourth-order valence-corrected chi connectivity index (χ4v) is 2.60. The van der Waals surface area contributed by atoms with Crippen molar-refractivity contribution in [1.29, 1.82) is 0 Å². The molecule has 2 aromatic carbocycles. The fraction of sp³-hybridized carbons (Fsp3) is 0.350. The molecule has 158 valence electrons. The minimum absolute atomic E-state index is 0.0206. The molecule has 7 nitrogen and oxygen atoms in total. The minimum atomic E-state index is -2.93. The van der Waals surface area contributed by atoms with Gasteiger partial charge in [0, 0.05) is 31.8 Å². The van der Waals surface area contributed by atoms with Crippen molar-refractivity contribution in [3.8, 4) is 23.0 Å². The Morgan fingerprint density at radius 2 is 1.62 bits per heavy atom. The molecule has 0 aliphatic heterocycles. The van der Waals surface area contributed by atoms with Gasteiger partial charge >= 0.3 is 6.61 Å². The predicted octanol–water partition coefficient (Wildman–Crippen LogP) is 3.18. The Kier molecular flexibility index (Phi) is 8.32. The summed E-state index contributed by atoms with van der Waals surface area (Å²) in [7, 11) is 6.22. The number of rotatable bonds is 9.